The Morgan fingerprint density at radius 3 is 2.83 bits per heavy atom. The molecular weight excluding hydrogens is 220 g/mol. The van der Waals surface area contributed by atoms with Gasteiger partial charge in [-0.3, -0.25) is 4.90 Å². The molecule has 1 N–H and O–H groups in total. The number of nitrogens with one attached hydrogen (secondary N) is 1. The average Bonchev–Trinajstić information content (AvgIpc) is 2.41. The Bertz CT molecular complexity index is 387. The molecular formula is C16H24N2. The van der Waals surface area contributed by atoms with Gasteiger partial charge in [-0.25, -0.2) is 0 Å². The molecule has 1 aromatic rings. The number of piperazine rings is 1. The van der Waals surface area contributed by atoms with Crippen LogP contribution in [0, 0.1) is 0 Å². The predicted molar refractivity (Wildman–Crippen MR) is 77.6 cm³/mol. The highest BCUT2D eigenvalue weighted by Gasteiger charge is 2.34. The van der Waals surface area contributed by atoms with Crippen LogP contribution in [0.1, 0.15) is 25.8 Å². The summed E-state index contributed by atoms with van der Waals surface area (Å²) >= 11 is 0. The van der Waals surface area contributed by atoms with Crippen LogP contribution in [0.25, 0.3) is 0 Å². The Balaban J connectivity index is 2.12. The molecule has 2 heteroatoms. The van der Waals surface area contributed by atoms with Crippen molar-refractivity contribution in [3.05, 3.63) is 48.6 Å². The highest BCUT2D eigenvalue weighted by atomic mass is 15.2. The molecule has 1 aromatic carbocycles. The highest BCUT2D eigenvalue weighted by molar-refractivity contribution is 5.25. The third-order valence-corrected chi connectivity index (χ3v) is 3.96. The van der Waals surface area contributed by atoms with Gasteiger partial charge in [-0.1, -0.05) is 36.4 Å². The molecule has 1 aliphatic rings. The van der Waals surface area contributed by atoms with Gasteiger partial charge in [0.05, 0.1) is 5.54 Å². The first-order valence-corrected chi connectivity index (χ1v) is 6.81. The van der Waals surface area contributed by atoms with Crippen LogP contribution in [0.4, 0.5) is 0 Å². The fraction of sp³-hybridized carbons (Fsp3) is 0.500. The summed E-state index contributed by atoms with van der Waals surface area (Å²) in [4.78, 5) is 2.56. The molecule has 2 nitrogen and oxygen atoms in total. The minimum Gasteiger partial charge on any atom is -0.305 e. The molecule has 2 rings (SSSR count). The van der Waals surface area contributed by atoms with Crippen LogP contribution in [0.5, 0.6) is 0 Å². The third kappa shape index (κ3) is 2.82. The topological polar surface area (TPSA) is 15.3 Å². The summed E-state index contributed by atoms with van der Waals surface area (Å²) in [5.74, 6) is 0. The normalized spacial score (nSPS) is 29.1. The minimum atomic E-state index is 0.0644. The molecule has 18 heavy (non-hydrogen) atoms. The molecule has 98 valence electrons. The van der Waals surface area contributed by atoms with Crippen LogP contribution >= 0.6 is 0 Å². The summed E-state index contributed by atoms with van der Waals surface area (Å²) in [6.07, 6.45) is 3.07. The Morgan fingerprint density at radius 1 is 1.44 bits per heavy atom. The lowest BCUT2D eigenvalue weighted by molar-refractivity contribution is 0.0965. The summed E-state index contributed by atoms with van der Waals surface area (Å²) in [5.41, 5.74) is 1.44. The van der Waals surface area contributed by atoms with E-state index in [1.165, 1.54) is 5.56 Å². The van der Waals surface area contributed by atoms with Crippen molar-refractivity contribution in [1.29, 1.82) is 0 Å². The van der Waals surface area contributed by atoms with Crippen LogP contribution in [-0.4, -0.2) is 30.6 Å². The van der Waals surface area contributed by atoms with Gasteiger partial charge in [0, 0.05) is 25.7 Å². The summed E-state index contributed by atoms with van der Waals surface area (Å²) in [5, 5.41) is 3.70. The zero-order valence-corrected chi connectivity index (χ0v) is 11.5. The number of hydrogen-bond donors (Lipinski definition) is 1. The second-order valence-electron chi connectivity index (χ2n) is 5.48. The second-order valence-corrected chi connectivity index (χ2v) is 5.48. The van der Waals surface area contributed by atoms with Crippen molar-refractivity contribution in [1.82, 2.24) is 10.2 Å². The number of benzene rings is 1. The molecule has 0 bridgehead atoms. The Hall–Kier alpha value is -1.12. The summed E-state index contributed by atoms with van der Waals surface area (Å²) in [6.45, 7) is 11.6. The molecule has 1 fully saturated rings. The van der Waals surface area contributed by atoms with E-state index < -0.39 is 0 Å². The number of nitrogens with zero attached hydrogens (tertiary/aromatic N) is 1. The molecule has 0 spiro atoms. The monoisotopic (exact) mass is 244 g/mol. The van der Waals surface area contributed by atoms with Crippen LogP contribution < -0.4 is 5.32 Å². The van der Waals surface area contributed by atoms with Gasteiger partial charge >= 0.3 is 0 Å². The van der Waals surface area contributed by atoms with Crippen molar-refractivity contribution >= 4 is 0 Å². The van der Waals surface area contributed by atoms with Crippen molar-refractivity contribution in [2.45, 2.75) is 31.8 Å². The van der Waals surface area contributed by atoms with E-state index in [0.29, 0.717) is 6.04 Å². The SMILES string of the molecule is C=CCCN1CC(C)(c2ccccc2)NCC1C. The van der Waals surface area contributed by atoms with E-state index in [4.69, 9.17) is 0 Å². The van der Waals surface area contributed by atoms with Gasteiger partial charge in [0.1, 0.15) is 0 Å². The van der Waals surface area contributed by atoms with Gasteiger partial charge in [0.25, 0.3) is 0 Å². The zero-order chi connectivity index (χ0) is 13.0. The Morgan fingerprint density at radius 2 is 2.17 bits per heavy atom. The molecule has 0 aromatic heterocycles. The van der Waals surface area contributed by atoms with E-state index in [2.05, 4.69) is 61.0 Å². The third-order valence-electron chi connectivity index (χ3n) is 3.96. The first-order valence-electron chi connectivity index (χ1n) is 6.81. The first kappa shape index (κ1) is 13.3. The number of rotatable bonds is 4. The summed E-state index contributed by atoms with van der Waals surface area (Å²) < 4.78 is 0. The van der Waals surface area contributed by atoms with Crippen molar-refractivity contribution in [2.24, 2.45) is 0 Å². The van der Waals surface area contributed by atoms with E-state index in [-0.39, 0.29) is 5.54 Å². The maximum atomic E-state index is 3.82. The van der Waals surface area contributed by atoms with Gasteiger partial charge in [-0.15, -0.1) is 6.58 Å². The molecule has 0 amide bonds. The molecule has 1 aliphatic heterocycles. The molecule has 1 heterocycles. The van der Waals surface area contributed by atoms with E-state index in [1.807, 2.05) is 6.08 Å². The van der Waals surface area contributed by atoms with Crippen molar-refractivity contribution < 1.29 is 0 Å². The van der Waals surface area contributed by atoms with Gasteiger partial charge in [0.2, 0.25) is 0 Å². The van der Waals surface area contributed by atoms with E-state index in [1.54, 1.807) is 0 Å². The second kappa shape index (κ2) is 5.68. The lowest BCUT2D eigenvalue weighted by atomic mass is 9.88. The standard InChI is InChI=1S/C16H24N2/c1-4-5-11-18-13-16(3,17-12-14(18)2)15-9-7-6-8-10-15/h4,6-10,14,17H,1,5,11-13H2,2-3H3. The van der Waals surface area contributed by atoms with Crippen LogP contribution in [-0.2, 0) is 5.54 Å². The zero-order valence-electron chi connectivity index (χ0n) is 11.5. The van der Waals surface area contributed by atoms with Crippen molar-refractivity contribution in [3.8, 4) is 0 Å². The fourth-order valence-electron chi connectivity index (χ4n) is 2.68. The molecule has 0 radical (unpaired) electrons. The first-order chi connectivity index (χ1) is 8.65. The van der Waals surface area contributed by atoms with Gasteiger partial charge < -0.3 is 5.32 Å². The molecule has 2 atom stereocenters. The molecule has 2 unspecified atom stereocenters. The smallest absolute Gasteiger partial charge is 0.0535 e. The van der Waals surface area contributed by atoms with E-state index in [9.17, 15) is 0 Å². The average molecular weight is 244 g/mol. The van der Waals surface area contributed by atoms with Crippen LogP contribution in [0.15, 0.2) is 43.0 Å². The lowest BCUT2D eigenvalue weighted by Crippen LogP contribution is -2.60. The van der Waals surface area contributed by atoms with Gasteiger partial charge in [-0.2, -0.15) is 0 Å². The molecule has 0 saturated carbocycles. The van der Waals surface area contributed by atoms with E-state index >= 15 is 0 Å². The van der Waals surface area contributed by atoms with Crippen LogP contribution in [0.2, 0.25) is 0 Å². The summed E-state index contributed by atoms with van der Waals surface area (Å²) in [6, 6.07) is 11.3. The van der Waals surface area contributed by atoms with Crippen molar-refractivity contribution in [2.75, 3.05) is 19.6 Å². The van der Waals surface area contributed by atoms with Gasteiger partial charge in [-0.05, 0) is 25.8 Å². The Kier molecular flexibility index (Phi) is 4.20. The molecule has 0 aliphatic carbocycles. The van der Waals surface area contributed by atoms with Gasteiger partial charge in [0.15, 0.2) is 0 Å². The summed E-state index contributed by atoms with van der Waals surface area (Å²) in [7, 11) is 0. The van der Waals surface area contributed by atoms with Crippen LogP contribution in [0.3, 0.4) is 0 Å². The largest absolute Gasteiger partial charge is 0.305 e. The molecule has 1 saturated heterocycles. The van der Waals surface area contributed by atoms with E-state index in [0.717, 1.165) is 26.1 Å². The maximum Gasteiger partial charge on any atom is 0.0535 e. The minimum absolute atomic E-state index is 0.0644. The highest BCUT2D eigenvalue weighted by Crippen LogP contribution is 2.26. The predicted octanol–water partition coefficient (Wildman–Crippen LogP) is 2.77. The quantitative estimate of drug-likeness (QED) is 0.819. The number of hydrogen-bond acceptors (Lipinski definition) is 2. The fourth-order valence-corrected chi connectivity index (χ4v) is 2.68. The lowest BCUT2D eigenvalue weighted by Gasteiger charge is -2.45. The maximum absolute atomic E-state index is 3.82. The van der Waals surface area contributed by atoms with Crippen molar-refractivity contribution in [3.63, 3.8) is 0 Å². The Labute approximate surface area is 111 Å².